The molecule has 5 heteroatoms. The second kappa shape index (κ2) is 5.25. The Hall–Kier alpha value is -1.88. The lowest BCUT2D eigenvalue weighted by atomic mass is 10.0. The predicted octanol–water partition coefficient (Wildman–Crippen LogP) is 1.74. The monoisotopic (exact) mass is 276 g/mol. The molecule has 1 aromatic rings. The summed E-state index contributed by atoms with van der Waals surface area (Å²) < 4.78 is 5.88. The van der Waals surface area contributed by atoms with Crippen LogP contribution in [0.3, 0.4) is 0 Å². The molecule has 0 saturated heterocycles. The van der Waals surface area contributed by atoms with E-state index in [1.165, 1.54) is 0 Å². The van der Waals surface area contributed by atoms with Crippen LogP contribution < -0.4 is 15.4 Å². The quantitative estimate of drug-likeness (QED) is 0.853. The molecule has 1 heterocycles. The van der Waals surface area contributed by atoms with Crippen molar-refractivity contribution in [1.29, 1.82) is 0 Å². The minimum Gasteiger partial charge on any atom is -0.484 e. The number of fused-ring (bicyclic) bond motifs is 1. The van der Waals surface area contributed by atoms with Gasteiger partial charge in [0.25, 0.3) is 0 Å². The maximum absolute atomic E-state index is 12.1. The number of Topliss-reactive ketones (excluding diaryl/α,β-unsaturated/α-hetero) is 1. The lowest BCUT2D eigenvalue weighted by Gasteiger charge is -2.39. The zero-order valence-electron chi connectivity index (χ0n) is 12.1. The van der Waals surface area contributed by atoms with Crippen LogP contribution in [0.5, 0.6) is 5.75 Å². The summed E-state index contributed by atoms with van der Waals surface area (Å²) in [4.78, 5) is 25.5. The Bertz CT molecular complexity index is 552. The zero-order valence-corrected chi connectivity index (χ0v) is 12.1. The van der Waals surface area contributed by atoms with Crippen molar-refractivity contribution >= 4 is 17.4 Å². The molecule has 0 atom stereocenters. The second-order valence-corrected chi connectivity index (χ2v) is 5.50. The van der Waals surface area contributed by atoms with Crippen LogP contribution in [0.2, 0.25) is 0 Å². The topological polar surface area (TPSA) is 72.6 Å². The van der Waals surface area contributed by atoms with Crippen molar-refractivity contribution in [2.24, 2.45) is 5.73 Å². The third kappa shape index (κ3) is 2.67. The van der Waals surface area contributed by atoms with E-state index in [9.17, 15) is 9.59 Å². The molecule has 1 aliphatic heterocycles. The van der Waals surface area contributed by atoms with Gasteiger partial charge in [-0.05, 0) is 32.0 Å². The van der Waals surface area contributed by atoms with Gasteiger partial charge in [0, 0.05) is 12.0 Å². The average Bonchev–Trinajstić information content (AvgIpc) is 2.43. The second-order valence-electron chi connectivity index (χ2n) is 5.50. The Morgan fingerprint density at radius 3 is 2.70 bits per heavy atom. The molecule has 2 rings (SSSR count). The van der Waals surface area contributed by atoms with Crippen molar-refractivity contribution in [2.75, 3.05) is 18.0 Å². The van der Waals surface area contributed by atoms with Crippen LogP contribution in [0.4, 0.5) is 5.69 Å². The minimum atomic E-state index is -0.447. The highest BCUT2D eigenvalue weighted by molar-refractivity contribution is 6.01. The van der Waals surface area contributed by atoms with Crippen molar-refractivity contribution in [1.82, 2.24) is 0 Å². The number of hydrogen-bond donors (Lipinski definition) is 1. The van der Waals surface area contributed by atoms with E-state index < -0.39 is 5.60 Å². The predicted molar refractivity (Wildman–Crippen MR) is 77.2 cm³/mol. The van der Waals surface area contributed by atoms with Gasteiger partial charge < -0.3 is 15.4 Å². The van der Waals surface area contributed by atoms with E-state index in [1.807, 2.05) is 20.8 Å². The largest absolute Gasteiger partial charge is 0.484 e. The lowest BCUT2D eigenvalue weighted by molar-refractivity contribution is -0.119. The SMILES string of the molecule is CCC(=O)N1CC(C)(C)Oc2ccc(C(=O)CN)cc21. The maximum atomic E-state index is 12.1. The molecule has 1 aliphatic rings. The summed E-state index contributed by atoms with van der Waals surface area (Å²) in [6.07, 6.45) is 0.407. The number of carbonyl (C=O) groups is 2. The summed E-state index contributed by atoms with van der Waals surface area (Å²) >= 11 is 0. The number of ketones is 1. The van der Waals surface area contributed by atoms with Crippen LogP contribution in [0.25, 0.3) is 0 Å². The molecule has 0 aromatic heterocycles. The standard InChI is InChI=1S/C15H20N2O3/c1-4-14(19)17-9-15(2,3)20-13-6-5-10(7-11(13)17)12(18)8-16/h5-7H,4,8-9,16H2,1-3H3. The summed E-state index contributed by atoms with van der Waals surface area (Å²) in [6, 6.07) is 5.10. The summed E-state index contributed by atoms with van der Waals surface area (Å²) in [7, 11) is 0. The molecule has 0 unspecified atom stereocenters. The average molecular weight is 276 g/mol. The van der Waals surface area contributed by atoms with Gasteiger partial charge in [0.05, 0.1) is 18.8 Å². The van der Waals surface area contributed by atoms with E-state index in [4.69, 9.17) is 10.5 Å². The van der Waals surface area contributed by atoms with E-state index in [1.54, 1.807) is 23.1 Å². The van der Waals surface area contributed by atoms with Crippen LogP contribution in [0.15, 0.2) is 18.2 Å². The highest BCUT2D eigenvalue weighted by Crippen LogP contribution is 2.38. The van der Waals surface area contributed by atoms with Gasteiger partial charge in [-0.3, -0.25) is 9.59 Å². The molecule has 0 aliphatic carbocycles. The number of anilines is 1. The number of rotatable bonds is 3. The van der Waals surface area contributed by atoms with Gasteiger partial charge in [0.15, 0.2) is 5.78 Å². The van der Waals surface area contributed by atoms with Gasteiger partial charge >= 0.3 is 0 Å². The number of benzene rings is 1. The first-order valence-electron chi connectivity index (χ1n) is 6.74. The zero-order chi connectivity index (χ0) is 14.9. The van der Waals surface area contributed by atoms with Gasteiger partial charge in [-0.2, -0.15) is 0 Å². The van der Waals surface area contributed by atoms with E-state index in [2.05, 4.69) is 0 Å². The number of nitrogens with zero attached hydrogens (tertiary/aromatic N) is 1. The Morgan fingerprint density at radius 1 is 1.40 bits per heavy atom. The van der Waals surface area contributed by atoms with Crippen molar-refractivity contribution in [3.05, 3.63) is 23.8 Å². The van der Waals surface area contributed by atoms with Crippen molar-refractivity contribution in [3.8, 4) is 5.75 Å². The molecule has 2 N–H and O–H groups in total. The molecule has 1 amide bonds. The van der Waals surface area contributed by atoms with E-state index in [0.29, 0.717) is 30.0 Å². The van der Waals surface area contributed by atoms with Crippen molar-refractivity contribution < 1.29 is 14.3 Å². The third-order valence-electron chi connectivity index (χ3n) is 3.29. The lowest BCUT2D eigenvalue weighted by Crippen LogP contribution is -2.49. The summed E-state index contributed by atoms with van der Waals surface area (Å²) in [5.41, 5.74) is 6.09. The fourth-order valence-corrected chi connectivity index (χ4v) is 2.32. The van der Waals surface area contributed by atoms with E-state index >= 15 is 0 Å². The Labute approximate surface area is 118 Å². The Kier molecular flexibility index (Phi) is 3.81. The van der Waals surface area contributed by atoms with Gasteiger partial charge in [0.1, 0.15) is 11.4 Å². The van der Waals surface area contributed by atoms with Crippen LogP contribution in [-0.4, -0.2) is 30.4 Å². The highest BCUT2D eigenvalue weighted by Gasteiger charge is 2.34. The van der Waals surface area contributed by atoms with Gasteiger partial charge in [-0.15, -0.1) is 0 Å². The number of nitrogens with two attached hydrogens (primary N) is 1. The summed E-state index contributed by atoms with van der Waals surface area (Å²) in [5.74, 6) is 0.484. The molecule has 108 valence electrons. The van der Waals surface area contributed by atoms with Gasteiger partial charge in [-0.1, -0.05) is 6.92 Å². The molecular formula is C15H20N2O3. The maximum Gasteiger partial charge on any atom is 0.226 e. The summed E-state index contributed by atoms with van der Waals surface area (Å²) in [5, 5.41) is 0. The summed E-state index contributed by atoms with van der Waals surface area (Å²) in [6.45, 7) is 6.11. The first kappa shape index (κ1) is 14.5. The van der Waals surface area contributed by atoms with Crippen LogP contribution in [0, 0.1) is 0 Å². The first-order valence-corrected chi connectivity index (χ1v) is 6.74. The third-order valence-corrected chi connectivity index (χ3v) is 3.29. The molecule has 0 saturated carbocycles. The van der Waals surface area contributed by atoms with Crippen molar-refractivity contribution in [3.63, 3.8) is 0 Å². The molecule has 1 aromatic carbocycles. The molecule has 0 spiro atoms. The minimum absolute atomic E-state index is 0.0139. The molecular weight excluding hydrogens is 256 g/mol. The number of amides is 1. The van der Waals surface area contributed by atoms with Crippen LogP contribution >= 0.6 is 0 Å². The van der Waals surface area contributed by atoms with Crippen LogP contribution in [0.1, 0.15) is 37.6 Å². The van der Waals surface area contributed by atoms with E-state index in [-0.39, 0.29) is 18.2 Å². The highest BCUT2D eigenvalue weighted by atomic mass is 16.5. The van der Waals surface area contributed by atoms with Gasteiger partial charge in [-0.25, -0.2) is 0 Å². The molecule has 5 nitrogen and oxygen atoms in total. The molecule has 0 radical (unpaired) electrons. The number of ether oxygens (including phenoxy) is 1. The Morgan fingerprint density at radius 2 is 2.10 bits per heavy atom. The van der Waals surface area contributed by atoms with E-state index in [0.717, 1.165) is 0 Å². The molecule has 0 bridgehead atoms. The Balaban J connectivity index is 2.49. The van der Waals surface area contributed by atoms with Crippen molar-refractivity contribution in [2.45, 2.75) is 32.8 Å². The number of hydrogen-bond acceptors (Lipinski definition) is 4. The normalized spacial score (nSPS) is 16.3. The number of carbonyl (C=O) groups excluding carboxylic acids is 2. The van der Waals surface area contributed by atoms with Crippen LogP contribution in [-0.2, 0) is 4.79 Å². The molecule has 20 heavy (non-hydrogen) atoms. The van der Waals surface area contributed by atoms with Gasteiger partial charge in [0.2, 0.25) is 5.91 Å². The fourth-order valence-electron chi connectivity index (χ4n) is 2.32. The molecule has 0 fully saturated rings. The first-order chi connectivity index (χ1) is 9.38. The fraction of sp³-hybridized carbons (Fsp3) is 0.467. The smallest absolute Gasteiger partial charge is 0.226 e.